The van der Waals surface area contributed by atoms with Crippen LogP contribution in [-0.4, -0.2) is 19.7 Å². The summed E-state index contributed by atoms with van der Waals surface area (Å²) in [6, 6.07) is 7.10. The number of benzene rings is 1. The van der Waals surface area contributed by atoms with E-state index in [0.29, 0.717) is 10.7 Å². The average molecular weight is 332 g/mol. The Hall–Kier alpha value is -2.02. The molecule has 7 heteroatoms. The van der Waals surface area contributed by atoms with E-state index < -0.39 is 0 Å². The fraction of sp³-hybridized carbons (Fsp3) is 0.500. The molecule has 0 bridgehead atoms. The zero-order valence-electron chi connectivity index (χ0n) is 13.2. The van der Waals surface area contributed by atoms with E-state index in [1.807, 2.05) is 10.6 Å². The highest BCUT2D eigenvalue weighted by Gasteiger charge is 2.34. The number of hydrogen-bond donors (Lipinski definition) is 1. The van der Waals surface area contributed by atoms with Gasteiger partial charge in [0.2, 0.25) is 0 Å². The maximum atomic E-state index is 11.1. The summed E-state index contributed by atoms with van der Waals surface area (Å²) in [7, 11) is 0. The van der Waals surface area contributed by atoms with Crippen LogP contribution in [0.2, 0.25) is 0 Å². The smallest absolute Gasteiger partial charge is 0.269 e. The Bertz CT molecular complexity index is 776. The van der Waals surface area contributed by atoms with E-state index in [1.165, 1.54) is 12.5 Å². The van der Waals surface area contributed by atoms with Crippen LogP contribution in [0.5, 0.6) is 0 Å². The minimum absolute atomic E-state index is 0.0407. The largest absolute Gasteiger partial charge is 0.301 e. The highest BCUT2D eigenvalue weighted by atomic mass is 32.1. The van der Waals surface area contributed by atoms with E-state index in [4.69, 9.17) is 12.2 Å². The van der Waals surface area contributed by atoms with Gasteiger partial charge in [-0.2, -0.15) is 5.10 Å². The van der Waals surface area contributed by atoms with Gasteiger partial charge in [-0.1, -0.05) is 18.6 Å². The molecule has 1 aliphatic carbocycles. The molecule has 122 valence electrons. The van der Waals surface area contributed by atoms with Gasteiger partial charge in [-0.25, -0.2) is 0 Å². The number of nitrogens with one attached hydrogen (secondary N) is 1. The first-order valence-electron chi connectivity index (χ1n) is 7.90. The lowest BCUT2D eigenvalue weighted by molar-refractivity contribution is -0.384. The van der Waals surface area contributed by atoms with Crippen LogP contribution < -0.4 is 0 Å². The number of rotatable bonds is 5. The molecule has 1 aromatic heterocycles. The summed E-state index contributed by atoms with van der Waals surface area (Å²) in [5.41, 5.74) is 1.07. The van der Waals surface area contributed by atoms with Crippen LogP contribution in [0, 0.1) is 20.8 Å². The number of aromatic amines is 1. The van der Waals surface area contributed by atoms with Gasteiger partial charge in [-0.3, -0.25) is 15.2 Å². The molecule has 1 unspecified atom stereocenters. The average Bonchev–Trinajstić information content (AvgIpc) is 2.84. The maximum absolute atomic E-state index is 11.1. The number of non-ortho nitro benzene ring substituents is 1. The summed E-state index contributed by atoms with van der Waals surface area (Å²) in [6.07, 6.45) is 3.43. The van der Waals surface area contributed by atoms with Crippen molar-refractivity contribution in [1.82, 2.24) is 14.8 Å². The number of nitro benzene ring substituents is 1. The number of nitrogens with zero attached hydrogens (tertiary/aromatic N) is 3. The summed E-state index contributed by atoms with van der Waals surface area (Å²) >= 11 is 5.36. The Morgan fingerprint density at radius 3 is 2.74 bits per heavy atom. The van der Waals surface area contributed by atoms with Crippen LogP contribution in [0.1, 0.15) is 56.5 Å². The first kappa shape index (κ1) is 15.9. The Balaban J connectivity index is 2.11. The maximum Gasteiger partial charge on any atom is 0.269 e. The van der Waals surface area contributed by atoms with Gasteiger partial charge in [-0.05, 0) is 50.4 Å². The number of hydrogen-bond acceptors (Lipinski definition) is 4. The van der Waals surface area contributed by atoms with Gasteiger partial charge in [0.1, 0.15) is 5.82 Å². The molecule has 1 atom stereocenters. The molecule has 1 fully saturated rings. The molecule has 6 nitrogen and oxygen atoms in total. The summed E-state index contributed by atoms with van der Waals surface area (Å²) in [4.78, 5) is 10.8. The highest BCUT2D eigenvalue weighted by molar-refractivity contribution is 7.71. The van der Waals surface area contributed by atoms with Gasteiger partial charge in [-0.15, -0.1) is 0 Å². The van der Waals surface area contributed by atoms with Crippen molar-refractivity contribution in [3.8, 4) is 0 Å². The quantitative estimate of drug-likeness (QED) is 0.501. The fourth-order valence-corrected chi connectivity index (χ4v) is 3.62. The Labute approximate surface area is 139 Å². The molecule has 0 saturated heterocycles. The first-order chi connectivity index (χ1) is 11.0. The molecular formula is C16H20N4O2S. The van der Waals surface area contributed by atoms with Crippen LogP contribution >= 0.6 is 12.2 Å². The molecule has 0 spiro atoms. The van der Waals surface area contributed by atoms with Crippen LogP contribution in [0.4, 0.5) is 5.69 Å². The van der Waals surface area contributed by atoms with Crippen LogP contribution in [0.25, 0.3) is 0 Å². The van der Waals surface area contributed by atoms with E-state index in [-0.39, 0.29) is 22.6 Å². The molecule has 2 aromatic rings. The lowest BCUT2D eigenvalue weighted by Gasteiger charge is -2.34. The third kappa shape index (κ3) is 2.93. The molecule has 0 aliphatic heterocycles. The second kappa shape index (κ2) is 6.23. The molecule has 0 radical (unpaired) electrons. The summed E-state index contributed by atoms with van der Waals surface area (Å²) in [5, 5.41) is 18.5. The van der Waals surface area contributed by atoms with Crippen molar-refractivity contribution in [2.24, 2.45) is 5.92 Å². The second-order valence-corrected chi connectivity index (χ2v) is 6.76. The topological polar surface area (TPSA) is 76.8 Å². The third-order valence-corrected chi connectivity index (χ3v) is 4.88. The van der Waals surface area contributed by atoms with Gasteiger partial charge in [0, 0.05) is 24.1 Å². The monoisotopic (exact) mass is 332 g/mol. The van der Waals surface area contributed by atoms with Gasteiger partial charge < -0.3 is 4.57 Å². The van der Waals surface area contributed by atoms with Gasteiger partial charge in [0.25, 0.3) is 5.69 Å². The number of H-pyrrole nitrogens is 1. The fourth-order valence-electron chi connectivity index (χ4n) is 3.27. The van der Waals surface area contributed by atoms with E-state index in [0.717, 1.165) is 24.2 Å². The van der Waals surface area contributed by atoms with Crippen molar-refractivity contribution < 1.29 is 4.92 Å². The molecule has 23 heavy (non-hydrogen) atoms. The van der Waals surface area contributed by atoms with Crippen molar-refractivity contribution in [1.29, 1.82) is 0 Å². The van der Waals surface area contributed by atoms with Gasteiger partial charge in [0.15, 0.2) is 4.77 Å². The van der Waals surface area contributed by atoms with E-state index in [9.17, 15) is 10.1 Å². The molecule has 3 rings (SSSR count). The summed E-state index contributed by atoms with van der Waals surface area (Å²) in [5.74, 6) is 1.38. The van der Waals surface area contributed by atoms with E-state index in [2.05, 4.69) is 24.0 Å². The predicted octanol–water partition coefficient (Wildman–Crippen LogP) is 4.36. The summed E-state index contributed by atoms with van der Waals surface area (Å²) < 4.78 is 2.63. The zero-order chi connectivity index (χ0) is 16.6. The second-order valence-electron chi connectivity index (χ2n) is 6.37. The zero-order valence-corrected chi connectivity index (χ0v) is 14.0. The van der Waals surface area contributed by atoms with Crippen molar-refractivity contribution in [2.75, 3.05) is 0 Å². The van der Waals surface area contributed by atoms with Crippen molar-refractivity contribution >= 4 is 17.9 Å². The lowest BCUT2D eigenvalue weighted by atomic mass is 9.72. The minimum atomic E-state index is -0.346. The van der Waals surface area contributed by atoms with Gasteiger partial charge in [0.05, 0.1) is 4.92 Å². The molecule has 0 amide bonds. The Morgan fingerprint density at radius 2 is 2.17 bits per heavy atom. The first-order valence-corrected chi connectivity index (χ1v) is 8.31. The molecule has 1 heterocycles. The Kier molecular flexibility index (Phi) is 4.30. The van der Waals surface area contributed by atoms with Gasteiger partial charge >= 0.3 is 0 Å². The van der Waals surface area contributed by atoms with Crippen molar-refractivity contribution in [2.45, 2.75) is 45.1 Å². The lowest BCUT2D eigenvalue weighted by Crippen LogP contribution is -2.25. The molecule has 1 N–H and O–H groups in total. The SMILES string of the molecule is CC(C)n1c(C(c2cccc([N+](=O)[O-])c2)C2CCC2)n[nH]c1=S. The molecular weight excluding hydrogens is 312 g/mol. The highest BCUT2D eigenvalue weighted by Crippen LogP contribution is 2.43. The predicted molar refractivity (Wildman–Crippen MR) is 90.1 cm³/mol. The molecule has 1 saturated carbocycles. The normalized spacial score (nSPS) is 16.3. The van der Waals surface area contributed by atoms with Crippen LogP contribution in [0.3, 0.4) is 0 Å². The van der Waals surface area contributed by atoms with Crippen molar-refractivity contribution in [3.63, 3.8) is 0 Å². The number of nitro groups is 1. The standard InChI is InChI=1S/C16H20N4O2S/c1-10(2)19-15(17-18-16(19)23)14(11-5-3-6-11)12-7-4-8-13(9-12)20(21)22/h4,7-11,14H,3,5-6H2,1-2H3,(H,18,23). The number of aromatic nitrogens is 3. The molecule has 1 aromatic carbocycles. The van der Waals surface area contributed by atoms with Crippen LogP contribution in [-0.2, 0) is 0 Å². The van der Waals surface area contributed by atoms with Crippen molar-refractivity contribution in [3.05, 3.63) is 50.5 Å². The summed E-state index contributed by atoms with van der Waals surface area (Å²) in [6.45, 7) is 4.14. The van der Waals surface area contributed by atoms with E-state index in [1.54, 1.807) is 12.1 Å². The van der Waals surface area contributed by atoms with E-state index >= 15 is 0 Å². The van der Waals surface area contributed by atoms with Crippen LogP contribution in [0.15, 0.2) is 24.3 Å². The minimum Gasteiger partial charge on any atom is -0.301 e. The molecule has 1 aliphatic rings. The Morgan fingerprint density at radius 1 is 1.43 bits per heavy atom. The third-order valence-electron chi connectivity index (χ3n) is 4.59.